The van der Waals surface area contributed by atoms with Gasteiger partial charge in [-0.25, -0.2) is 0 Å². The van der Waals surface area contributed by atoms with Gasteiger partial charge in [0.25, 0.3) is 0 Å². The quantitative estimate of drug-likeness (QED) is 0.221. The largest absolute Gasteiger partial charge is 0.481 e. The van der Waals surface area contributed by atoms with Crippen molar-refractivity contribution in [2.24, 2.45) is 11.8 Å². The number of unbranched alkanes of at least 4 members (excludes halogenated alkanes) is 3. The van der Waals surface area contributed by atoms with Gasteiger partial charge in [-0.1, -0.05) is 26.7 Å². The van der Waals surface area contributed by atoms with Crippen molar-refractivity contribution in [2.75, 3.05) is 32.8 Å². The second-order valence-corrected chi connectivity index (χ2v) is 8.22. The maximum Gasteiger partial charge on any atom is 0.307 e. The summed E-state index contributed by atoms with van der Waals surface area (Å²) in [4.78, 5) is 25.2. The smallest absolute Gasteiger partial charge is 0.307 e. The van der Waals surface area contributed by atoms with Gasteiger partial charge in [0, 0.05) is 44.3 Å². The van der Waals surface area contributed by atoms with E-state index in [-0.39, 0.29) is 5.91 Å². The van der Waals surface area contributed by atoms with E-state index in [0.29, 0.717) is 18.6 Å². The summed E-state index contributed by atoms with van der Waals surface area (Å²) in [5.74, 6) is -2.25. The van der Waals surface area contributed by atoms with Gasteiger partial charge in [-0.3, -0.25) is 14.5 Å². The number of carbonyl (C=O) groups excluding carboxylic acids is 1. The molecule has 0 saturated carbocycles. The molecule has 0 spiro atoms. The number of carboxylic acids is 1. The van der Waals surface area contributed by atoms with Crippen molar-refractivity contribution in [3.05, 3.63) is 0 Å². The van der Waals surface area contributed by atoms with Crippen LogP contribution >= 0.6 is 0 Å². The number of carboxylic acid groups (broad SMARTS) is 1. The average Bonchev–Trinajstić information content (AvgIpc) is 2.63. The third-order valence-corrected chi connectivity index (χ3v) is 5.26. The van der Waals surface area contributed by atoms with E-state index in [9.17, 15) is 9.59 Å². The van der Waals surface area contributed by atoms with Crippen molar-refractivity contribution in [3.63, 3.8) is 0 Å². The molecule has 0 aliphatic rings. The van der Waals surface area contributed by atoms with Gasteiger partial charge in [-0.05, 0) is 47.1 Å². The number of amides is 1. The average molecular weight is 401 g/mol. The van der Waals surface area contributed by atoms with Gasteiger partial charge in [-0.2, -0.15) is 0 Å². The molecule has 0 aliphatic carbocycles. The molecule has 7 nitrogen and oxygen atoms in total. The third-order valence-electron chi connectivity index (χ3n) is 5.26. The zero-order valence-corrected chi connectivity index (χ0v) is 18.9. The highest BCUT2D eigenvalue weighted by molar-refractivity contribution is 5.84. The Kier molecular flexibility index (Phi) is 15.0. The van der Waals surface area contributed by atoms with Crippen molar-refractivity contribution in [2.45, 2.75) is 79.3 Å². The molecule has 0 fully saturated rings. The molecule has 7 heteroatoms. The van der Waals surface area contributed by atoms with Crippen LogP contribution in [0.2, 0.25) is 0 Å². The number of rotatable bonds is 17. The fraction of sp³-hybridized carbons (Fsp3) is 0.905. The maximum absolute atomic E-state index is 11.9. The Morgan fingerprint density at radius 3 is 1.86 bits per heavy atom. The number of hydrogen-bond acceptors (Lipinski definition) is 5. The summed E-state index contributed by atoms with van der Waals surface area (Å²) in [7, 11) is 0. The zero-order valence-electron chi connectivity index (χ0n) is 18.9. The van der Waals surface area contributed by atoms with E-state index in [1.165, 1.54) is 0 Å². The first kappa shape index (κ1) is 26.8. The molecule has 0 aliphatic heterocycles. The Hall–Kier alpha value is -1.18. The molecule has 166 valence electrons. The minimum atomic E-state index is -0.929. The molecular weight excluding hydrogens is 356 g/mol. The normalized spacial score (nSPS) is 13.9. The summed E-state index contributed by atoms with van der Waals surface area (Å²) >= 11 is 0. The molecule has 0 radical (unpaired) electrons. The minimum absolute atomic E-state index is 0.170. The molecule has 0 bridgehead atoms. The molecule has 4 N–H and O–H groups in total. The number of aliphatic carboxylic acids is 1. The first-order valence-electron chi connectivity index (χ1n) is 10.9. The van der Waals surface area contributed by atoms with E-state index in [0.717, 1.165) is 52.0 Å². The van der Waals surface area contributed by atoms with Crippen LogP contribution in [0.3, 0.4) is 0 Å². The summed E-state index contributed by atoms with van der Waals surface area (Å²) in [6, 6.07) is 1.15. The fourth-order valence-corrected chi connectivity index (χ4v) is 3.13. The van der Waals surface area contributed by atoms with Crippen molar-refractivity contribution >= 4 is 11.9 Å². The maximum atomic E-state index is 11.9. The molecule has 1 amide bonds. The monoisotopic (exact) mass is 400 g/mol. The molecule has 0 aromatic carbocycles. The third kappa shape index (κ3) is 12.3. The molecule has 2 atom stereocenters. The Morgan fingerprint density at radius 1 is 0.786 bits per heavy atom. The lowest BCUT2D eigenvalue weighted by atomic mass is 9.95. The van der Waals surface area contributed by atoms with Crippen LogP contribution in [0.25, 0.3) is 0 Å². The highest BCUT2D eigenvalue weighted by Gasteiger charge is 2.25. The Bertz CT molecular complexity index is 422. The summed E-state index contributed by atoms with van der Waals surface area (Å²) in [6.07, 6.45) is 4.24. The summed E-state index contributed by atoms with van der Waals surface area (Å²) in [6.45, 7) is 16.7. The lowest BCUT2D eigenvalue weighted by Gasteiger charge is -2.30. The van der Waals surface area contributed by atoms with Crippen LogP contribution in [-0.2, 0) is 9.59 Å². The highest BCUT2D eigenvalue weighted by Crippen LogP contribution is 2.11. The van der Waals surface area contributed by atoms with Crippen LogP contribution in [0.4, 0.5) is 0 Å². The van der Waals surface area contributed by atoms with E-state index in [1.807, 2.05) is 0 Å². The molecule has 0 aromatic rings. The highest BCUT2D eigenvalue weighted by atomic mass is 16.4. The Balaban J connectivity index is 3.51. The molecule has 0 aromatic heterocycles. The lowest BCUT2D eigenvalue weighted by molar-refractivity contribution is -0.146. The molecule has 2 unspecified atom stereocenters. The summed E-state index contributed by atoms with van der Waals surface area (Å²) in [5.41, 5.74) is 0. The fourth-order valence-electron chi connectivity index (χ4n) is 3.13. The predicted octanol–water partition coefficient (Wildman–Crippen LogP) is 2.28. The van der Waals surface area contributed by atoms with Crippen molar-refractivity contribution in [1.29, 1.82) is 0 Å². The van der Waals surface area contributed by atoms with Crippen molar-refractivity contribution < 1.29 is 14.7 Å². The van der Waals surface area contributed by atoms with E-state index >= 15 is 0 Å². The van der Waals surface area contributed by atoms with Gasteiger partial charge >= 0.3 is 5.97 Å². The van der Waals surface area contributed by atoms with Gasteiger partial charge in [0.15, 0.2) is 0 Å². The van der Waals surface area contributed by atoms with Crippen LogP contribution in [-0.4, -0.2) is 66.8 Å². The molecular formula is C21H44N4O3. The van der Waals surface area contributed by atoms with Crippen LogP contribution in [0, 0.1) is 11.8 Å². The number of nitrogens with zero attached hydrogens (tertiary/aromatic N) is 1. The van der Waals surface area contributed by atoms with E-state index in [2.05, 4.69) is 48.5 Å². The first-order chi connectivity index (χ1) is 13.2. The van der Waals surface area contributed by atoms with Gasteiger partial charge in [0.05, 0.1) is 5.92 Å². The Morgan fingerprint density at radius 2 is 1.32 bits per heavy atom. The SMILES string of the molecule is CC(C(=O)O)C(C)C(=O)NCCCCCCNCNCCN(C(C)C)C(C)C. The van der Waals surface area contributed by atoms with Crippen LogP contribution < -0.4 is 16.0 Å². The van der Waals surface area contributed by atoms with Crippen molar-refractivity contribution in [1.82, 2.24) is 20.9 Å². The van der Waals surface area contributed by atoms with Gasteiger partial charge in [0.2, 0.25) is 5.91 Å². The number of nitrogens with one attached hydrogen (secondary N) is 3. The summed E-state index contributed by atoms with van der Waals surface area (Å²) in [5, 5.41) is 18.6. The van der Waals surface area contributed by atoms with Crippen LogP contribution in [0.1, 0.15) is 67.2 Å². The predicted molar refractivity (Wildman–Crippen MR) is 115 cm³/mol. The van der Waals surface area contributed by atoms with Gasteiger partial charge in [-0.15, -0.1) is 0 Å². The second-order valence-electron chi connectivity index (χ2n) is 8.22. The zero-order chi connectivity index (χ0) is 21.5. The van der Waals surface area contributed by atoms with Gasteiger partial charge in [0.1, 0.15) is 0 Å². The number of carbonyl (C=O) groups is 2. The second kappa shape index (κ2) is 15.7. The van der Waals surface area contributed by atoms with E-state index in [4.69, 9.17) is 5.11 Å². The molecule has 0 saturated heterocycles. The Labute approximate surface area is 172 Å². The molecule has 0 rings (SSSR count). The lowest BCUT2D eigenvalue weighted by Crippen LogP contribution is -2.42. The van der Waals surface area contributed by atoms with Gasteiger partial charge < -0.3 is 21.1 Å². The summed E-state index contributed by atoms with van der Waals surface area (Å²) < 4.78 is 0. The van der Waals surface area contributed by atoms with Crippen LogP contribution in [0.5, 0.6) is 0 Å². The molecule has 0 heterocycles. The van der Waals surface area contributed by atoms with E-state index in [1.54, 1.807) is 13.8 Å². The van der Waals surface area contributed by atoms with Crippen molar-refractivity contribution in [3.8, 4) is 0 Å². The standard InChI is InChI=1S/C21H44N4O3/c1-16(2)25(17(3)4)14-13-23-15-22-11-9-7-8-10-12-24-20(26)18(5)19(6)21(27)28/h16-19,22-23H,7-15H2,1-6H3,(H,24,26)(H,27,28). The topological polar surface area (TPSA) is 93.7 Å². The van der Waals surface area contributed by atoms with Crippen LogP contribution in [0.15, 0.2) is 0 Å². The first-order valence-corrected chi connectivity index (χ1v) is 10.9. The molecule has 28 heavy (non-hydrogen) atoms. The minimum Gasteiger partial charge on any atom is -0.481 e. The number of hydrogen-bond donors (Lipinski definition) is 4. The van der Waals surface area contributed by atoms with E-state index < -0.39 is 17.8 Å².